The number of ether oxygens (including phenoxy) is 1. The minimum atomic E-state index is -3.57. The highest BCUT2D eigenvalue weighted by atomic mass is 32.2. The lowest BCUT2D eigenvalue weighted by molar-refractivity contribution is 0.299. The van der Waals surface area contributed by atoms with Gasteiger partial charge in [0.25, 0.3) is 5.89 Å². The fraction of sp³-hybridized carbons (Fsp3) is 0.235. The van der Waals surface area contributed by atoms with Gasteiger partial charge in [-0.25, -0.2) is 4.98 Å². The van der Waals surface area contributed by atoms with E-state index >= 15 is 0 Å². The summed E-state index contributed by atoms with van der Waals surface area (Å²) in [4.78, 5) is 4.37. The smallest absolute Gasteiger partial charge is 0.301 e. The number of benzene rings is 1. The number of oxazole rings is 1. The summed E-state index contributed by atoms with van der Waals surface area (Å²) in [6.07, 6.45) is 1.55. The lowest BCUT2D eigenvalue weighted by Gasteiger charge is -2.14. The Morgan fingerprint density at radius 3 is 2.73 bits per heavy atom. The molecule has 2 heterocycles. The first-order valence-electron chi connectivity index (χ1n) is 7.78. The minimum Gasteiger partial charge on any atom is -0.487 e. The Morgan fingerprint density at radius 2 is 2.04 bits per heavy atom. The van der Waals surface area contributed by atoms with Crippen LogP contribution >= 0.6 is 0 Å². The fourth-order valence-electron chi connectivity index (χ4n) is 2.11. The Labute approximate surface area is 151 Å². The number of hydrogen-bond acceptors (Lipinski definition) is 6. The molecule has 0 aliphatic heterocycles. The maximum absolute atomic E-state index is 11.9. The second kappa shape index (κ2) is 7.22. The Morgan fingerprint density at radius 1 is 1.23 bits per heavy atom. The van der Waals surface area contributed by atoms with Crippen LogP contribution < -0.4 is 9.46 Å². The van der Waals surface area contributed by atoms with E-state index in [9.17, 15) is 8.42 Å². The third kappa shape index (κ3) is 4.06. The van der Waals surface area contributed by atoms with Crippen molar-refractivity contribution in [3.05, 3.63) is 54.1 Å². The molecule has 3 rings (SSSR count). The molecule has 0 spiro atoms. The first kappa shape index (κ1) is 18.0. The van der Waals surface area contributed by atoms with Crippen molar-refractivity contribution >= 4 is 15.9 Å². The Balaban J connectivity index is 1.70. The van der Waals surface area contributed by atoms with E-state index in [1.807, 2.05) is 0 Å². The molecule has 0 saturated carbocycles. The van der Waals surface area contributed by atoms with E-state index in [1.54, 1.807) is 49.6 Å². The molecular weight excluding hydrogens is 358 g/mol. The summed E-state index contributed by atoms with van der Waals surface area (Å²) in [5, 5.41) is 0. The van der Waals surface area contributed by atoms with E-state index in [1.165, 1.54) is 14.1 Å². The number of aryl methyl sites for hydroxylation is 1. The first-order valence-corrected chi connectivity index (χ1v) is 9.22. The summed E-state index contributed by atoms with van der Waals surface area (Å²) in [5.41, 5.74) is 1.04. The summed E-state index contributed by atoms with van der Waals surface area (Å²) < 4.78 is 43.9. The average molecular weight is 377 g/mol. The molecule has 0 bridgehead atoms. The molecule has 0 atom stereocenters. The molecule has 3 aromatic rings. The van der Waals surface area contributed by atoms with Crippen molar-refractivity contribution in [3.8, 4) is 17.4 Å². The van der Waals surface area contributed by atoms with Crippen molar-refractivity contribution in [1.29, 1.82) is 0 Å². The maximum atomic E-state index is 11.9. The van der Waals surface area contributed by atoms with Crippen molar-refractivity contribution in [3.63, 3.8) is 0 Å². The molecule has 26 heavy (non-hydrogen) atoms. The van der Waals surface area contributed by atoms with Crippen LogP contribution in [-0.2, 0) is 16.8 Å². The number of furan rings is 1. The normalized spacial score (nSPS) is 11.7. The topological polar surface area (TPSA) is 97.8 Å². The van der Waals surface area contributed by atoms with Gasteiger partial charge in [-0.3, -0.25) is 4.72 Å². The van der Waals surface area contributed by atoms with Crippen molar-refractivity contribution < 1.29 is 22.0 Å². The molecule has 0 radical (unpaired) electrons. The maximum Gasteiger partial charge on any atom is 0.301 e. The fourth-order valence-corrected chi connectivity index (χ4v) is 2.72. The van der Waals surface area contributed by atoms with E-state index in [4.69, 9.17) is 13.6 Å². The second-order valence-electron chi connectivity index (χ2n) is 5.71. The number of rotatable bonds is 7. The van der Waals surface area contributed by atoms with Crippen LogP contribution in [0.4, 0.5) is 5.69 Å². The van der Waals surface area contributed by atoms with Crippen LogP contribution in [0.2, 0.25) is 0 Å². The number of aromatic nitrogens is 1. The van der Waals surface area contributed by atoms with Gasteiger partial charge in [0.1, 0.15) is 23.8 Å². The van der Waals surface area contributed by atoms with Gasteiger partial charge in [-0.1, -0.05) is 6.07 Å². The van der Waals surface area contributed by atoms with Gasteiger partial charge in [-0.05, 0) is 31.2 Å². The average Bonchev–Trinajstić information content (AvgIpc) is 3.22. The highest BCUT2D eigenvalue weighted by Crippen LogP contribution is 2.24. The molecule has 0 aliphatic rings. The number of hydrogen-bond donors (Lipinski definition) is 1. The van der Waals surface area contributed by atoms with Crippen molar-refractivity contribution in [2.45, 2.75) is 13.5 Å². The van der Waals surface area contributed by atoms with Crippen molar-refractivity contribution in [2.24, 2.45) is 0 Å². The van der Waals surface area contributed by atoms with Crippen molar-refractivity contribution in [1.82, 2.24) is 9.29 Å². The lowest BCUT2D eigenvalue weighted by atomic mass is 10.3. The standard InChI is InChI=1S/C17H19N3O5S/c1-12-15(18-17(25-12)16-8-5-9-23-16)11-24-14-7-4-6-13(10-14)19-26(21,22)20(2)3/h4-10,19H,11H2,1-3H3. The van der Waals surface area contributed by atoms with E-state index in [0.717, 1.165) is 4.31 Å². The largest absolute Gasteiger partial charge is 0.487 e. The molecule has 0 amide bonds. The van der Waals surface area contributed by atoms with E-state index in [2.05, 4.69) is 9.71 Å². The molecule has 138 valence electrons. The summed E-state index contributed by atoms with van der Waals surface area (Å²) in [6, 6.07) is 10.2. The Kier molecular flexibility index (Phi) is 5.01. The predicted octanol–water partition coefficient (Wildman–Crippen LogP) is 3.04. The van der Waals surface area contributed by atoms with Gasteiger partial charge < -0.3 is 13.6 Å². The van der Waals surface area contributed by atoms with Crippen LogP contribution in [0.25, 0.3) is 11.7 Å². The van der Waals surface area contributed by atoms with E-state index < -0.39 is 10.2 Å². The van der Waals surface area contributed by atoms with E-state index in [0.29, 0.717) is 34.5 Å². The molecule has 9 heteroatoms. The van der Waals surface area contributed by atoms with Crippen LogP contribution in [0.5, 0.6) is 5.75 Å². The minimum absolute atomic E-state index is 0.180. The molecule has 8 nitrogen and oxygen atoms in total. The summed E-state index contributed by atoms with van der Waals surface area (Å²) in [5.74, 6) is 2.06. The molecular formula is C17H19N3O5S. The first-order chi connectivity index (χ1) is 12.3. The zero-order chi connectivity index (χ0) is 18.7. The summed E-state index contributed by atoms with van der Waals surface area (Å²) >= 11 is 0. The lowest BCUT2D eigenvalue weighted by Crippen LogP contribution is -2.28. The number of nitrogens with one attached hydrogen (secondary N) is 1. The third-order valence-electron chi connectivity index (χ3n) is 3.56. The number of anilines is 1. The molecule has 2 aromatic heterocycles. The highest BCUT2D eigenvalue weighted by molar-refractivity contribution is 7.90. The summed E-state index contributed by atoms with van der Waals surface area (Å²) in [7, 11) is -0.672. The van der Waals surface area contributed by atoms with Gasteiger partial charge in [-0.15, -0.1) is 0 Å². The third-order valence-corrected chi connectivity index (χ3v) is 5.02. The van der Waals surface area contributed by atoms with Gasteiger partial charge in [0, 0.05) is 20.2 Å². The Hall–Kier alpha value is -2.78. The van der Waals surface area contributed by atoms with E-state index in [-0.39, 0.29) is 6.61 Å². The van der Waals surface area contributed by atoms with Gasteiger partial charge in [0.05, 0.1) is 12.0 Å². The molecule has 0 aliphatic carbocycles. The zero-order valence-electron chi connectivity index (χ0n) is 14.6. The van der Waals surface area contributed by atoms with Gasteiger partial charge in [-0.2, -0.15) is 12.7 Å². The van der Waals surface area contributed by atoms with Crippen LogP contribution in [0.15, 0.2) is 51.5 Å². The number of nitrogens with zero attached hydrogens (tertiary/aromatic N) is 2. The molecule has 0 unspecified atom stereocenters. The van der Waals surface area contributed by atoms with Crippen LogP contribution in [0.1, 0.15) is 11.5 Å². The predicted molar refractivity (Wildman–Crippen MR) is 95.9 cm³/mol. The molecule has 0 saturated heterocycles. The quantitative estimate of drug-likeness (QED) is 0.680. The SMILES string of the molecule is Cc1oc(-c2ccco2)nc1COc1cccc(NS(=O)(=O)N(C)C)c1. The van der Waals surface area contributed by atoms with Gasteiger partial charge in [0.15, 0.2) is 5.76 Å². The summed E-state index contributed by atoms with van der Waals surface area (Å²) in [6.45, 7) is 1.97. The van der Waals surface area contributed by atoms with Crippen LogP contribution in [0.3, 0.4) is 0 Å². The Bertz CT molecular complexity index is 978. The molecule has 0 fully saturated rings. The zero-order valence-corrected chi connectivity index (χ0v) is 15.4. The molecule has 1 aromatic carbocycles. The molecule has 1 N–H and O–H groups in total. The monoisotopic (exact) mass is 377 g/mol. The van der Waals surface area contributed by atoms with Crippen molar-refractivity contribution in [2.75, 3.05) is 18.8 Å². The van der Waals surface area contributed by atoms with Gasteiger partial charge in [0.2, 0.25) is 0 Å². The highest BCUT2D eigenvalue weighted by Gasteiger charge is 2.15. The van der Waals surface area contributed by atoms with Crippen LogP contribution in [0, 0.1) is 6.92 Å². The van der Waals surface area contributed by atoms with Gasteiger partial charge >= 0.3 is 10.2 Å². The second-order valence-corrected chi connectivity index (χ2v) is 7.59. The van der Waals surface area contributed by atoms with Crippen LogP contribution in [-0.4, -0.2) is 31.8 Å².